The average Bonchev–Trinajstić information content (AvgIpc) is 2.85. The summed E-state index contributed by atoms with van der Waals surface area (Å²) in [5.74, 6) is 0.396. The fourth-order valence-electron chi connectivity index (χ4n) is 3.99. The summed E-state index contributed by atoms with van der Waals surface area (Å²) in [6.45, 7) is 9.18. The number of carbonyl (C=O) groups excluding carboxylic acids is 1. The van der Waals surface area contributed by atoms with Gasteiger partial charge in [-0.1, -0.05) is 13.0 Å². The van der Waals surface area contributed by atoms with Crippen molar-refractivity contribution in [3.63, 3.8) is 0 Å². The van der Waals surface area contributed by atoms with Gasteiger partial charge in [-0.3, -0.25) is 4.98 Å². The lowest BCUT2D eigenvalue weighted by atomic mass is 9.95. The normalized spacial score (nSPS) is 12.2. The highest BCUT2D eigenvalue weighted by molar-refractivity contribution is 5.95. The summed E-state index contributed by atoms with van der Waals surface area (Å²) in [5, 5.41) is 17.0. The van der Waals surface area contributed by atoms with Gasteiger partial charge in [-0.2, -0.15) is 0 Å². The van der Waals surface area contributed by atoms with Crippen molar-refractivity contribution in [3.8, 4) is 22.8 Å². The average molecular weight is 510 g/mol. The maximum absolute atomic E-state index is 11.8. The van der Waals surface area contributed by atoms with Crippen LogP contribution in [0.3, 0.4) is 0 Å². The fraction of sp³-hybridized carbons (Fsp3) is 0.393. The fourth-order valence-corrected chi connectivity index (χ4v) is 3.99. The Labute approximate surface area is 217 Å². The Hall–Kier alpha value is -3.85. The Bertz CT molecular complexity index is 1240. The molecule has 3 N–H and O–H groups in total. The van der Waals surface area contributed by atoms with Gasteiger partial charge in [-0.25, -0.2) is 9.59 Å². The van der Waals surface area contributed by atoms with Crippen LogP contribution in [-0.4, -0.2) is 61.6 Å². The Morgan fingerprint density at radius 3 is 2.27 bits per heavy atom. The first-order chi connectivity index (χ1) is 17.5. The number of carboxylic acids is 1. The zero-order chi connectivity index (χ0) is 27.2. The molecule has 0 aliphatic rings. The Morgan fingerprint density at radius 1 is 1.00 bits per heavy atom. The predicted octanol–water partition coefficient (Wildman–Crippen LogP) is 4.84. The van der Waals surface area contributed by atoms with Crippen LogP contribution in [0.5, 0.6) is 11.5 Å². The second-order valence-electron chi connectivity index (χ2n) is 9.76. The molecular formula is C28H35N3O6. The van der Waals surface area contributed by atoms with Crippen molar-refractivity contribution in [2.24, 2.45) is 0 Å². The molecule has 0 bridgehead atoms. The highest BCUT2D eigenvalue weighted by Crippen LogP contribution is 2.39. The van der Waals surface area contributed by atoms with E-state index in [1.807, 2.05) is 39.0 Å². The molecule has 198 valence electrons. The van der Waals surface area contributed by atoms with Crippen LogP contribution >= 0.6 is 0 Å². The SMILES string of the molecule is COc1cc(-c2cc3cc(C(=O)O)ccc3cn2)cc(OC)c1C(C)CNCCNC(=O)OC(C)(C)C. The van der Waals surface area contributed by atoms with Crippen molar-refractivity contribution in [1.82, 2.24) is 15.6 Å². The quantitative estimate of drug-likeness (QED) is 0.332. The molecule has 1 unspecified atom stereocenters. The van der Waals surface area contributed by atoms with Crippen LogP contribution in [0.2, 0.25) is 0 Å². The third-order valence-corrected chi connectivity index (χ3v) is 5.72. The number of carbonyl (C=O) groups is 2. The van der Waals surface area contributed by atoms with Gasteiger partial charge in [0.1, 0.15) is 17.1 Å². The summed E-state index contributed by atoms with van der Waals surface area (Å²) in [6.07, 6.45) is 1.28. The van der Waals surface area contributed by atoms with Gasteiger partial charge in [0.25, 0.3) is 0 Å². The van der Waals surface area contributed by atoms with Gasteiger partial charge in [0, 0.05) is 48.3 Å². The summed E-state index contributed by atoms with van der Waals surface area (Å²) < 4.78 is 16.7. The molecule has 0 saturated heterocycles. The number of hydrogen-bond acceptors (Lipinski definition) is 7. The van der Waals surface area contributed by atoms with Gasteiger partial charge in [0.2, 0.25) is 0 Å². The lowest BCUT2D eigenvalue weighted by Gasteiger charge is -2.21. The molecule has 0 spiro atoms. The minimum absolute atomic E-state index is 0.0446. The zero-order valence-electron chi connectivity index (χ0n) is 22.2. The summed E-state index contributed by atoms with van der Waals surface area (Å²) in [6, 6.07) is 10.6. The first-order valence-electron chi connectivity index (χ1n) is 12.1. The summed E-state index contributed by atoms with van der Waals surface area (Å²) in [4.78, 5) is 27.7. The number of carboxylic acid groups (broad SMARTS) is 1. The molecular weight excluding hydrogens is 474 g/mol. The maximum atomic E-state index is 11.8. The Kier molecular flexibility index (Phi) is 8.94. The lowest BCUT2D eigenvalue weighted by Crippen LogP contribution is -2.37. The van der Waals surface area contributed by atoms with E-state index in [1.54, 1.807) is 38.6 Å². The molecule has 0 radical (unpaired) electrons. The van der Waals surface area contributed by atoms with Crippen LogP contribution in [-0.2, 0) is 4.74 Å². The van der Waals surface area contributed by atoms with E-state index in [-0.39, 0.29) is 11.5 Å². The van der Waals surface area contributed by atoms with Crippen molar-refractivity contribution < 1.29 is 28.9 Å². The second kappa shape index (κ2) is 11.9. The van der Waals surface area contributed by atoms with E-state index in [0.29, 0.717) is 36.8 Å². The van der Waals surface area contributed by atoms with Gasteiger partial charge in [-0.15, -0.1) is 0 Å². The Morgan fingerprint density at radius 2 is 1.68 bits per heavy atom. The maximum Gasteiger partial charge on any atom is 0.407 e. The number of aromatic nitrogens is 1. The van der Waals surface area contributed by atoms with Gasteiger partial charge in [0.05, 0.1) is 25.5 Å². The molecule has 2 aromatic carbocycles. The molecule has 0 aliphatic heterocycles. The first kappa shape index (κ1) is 27.7. The summed E-state index contributed by atoms with van der Waals surface area (Å²) >= 11 is 0. The van der Waals surface area contributed by atoms with E-state index in [0.717, 1.165) is 21.9 Å². The summed E-state index contributed by atoms with van der Waals surface area (Å²) in [7, 11) is 3.22. The van der Waals surface area contributed by atoms with Crippen LogP contribution in [0.4, 0.5) is 4.79 Å². The van der Waals surface area contributed by atoms with E-state index in [2.05, 4.69) is 22.5 Å². The van der Waals surface area contributed by atoms with E-state index in [1.165, 1.54) is 0 Å². The van der Waals surface area contributed by atoms with Crippen LogP contribution < -0.4 is 20.1 Å². The largest absolute Gasteiger partial charge is 0.496 e. The summed E-state index contributed by atoms with van der Waals surface area (Å²) in [5.41, 5.74) is 2.07. The predicted molar refractivity (Wildman–Crippen MR) is 143 cm³/mol. The molecule has 3 rings (SSSR count). The van der Waals surface area contributed by atoms with Crippen molar-refractivity contribution in [3.05, 3.63) is 53.7 Å². The van der Waals surface area contributed by atoms with Crippen molar-refractivity contribution in [1.29, 1.82) is 0 Å². The number of aromatic carboxylic acids is 1. The molecule has 1 heterocycles. The number of hydrogen-bond donors (Lipinski definition) is 3. The Balaban J connectivity index is 1.75. The highest BCUT2D eigenvalue weighted by atomic mass is 16.6. The molecule has 1 amide bonds. The van der Waals surface area contributed by atoms with Gasteiger partial charge in [-0.05, 0) is 56.5 Å². The highest BCUT2D eigenvalue weighted by Gasteiger charge is 2.20. The van der Waals surface area contributed by atoms with E-state index >= 15 is 0 Å². The van der Waals surface area contributed by atoms with E-state index < -0.39 is 17.7 Å². The molecule has 1 aromatic heterocycles. The molecule has 9 heteroatoms. The van der Waals surface area contributed by atoms with Crippen LogP contribution in [0.1, 0.15) is 49.5 Å². The molecule has 1 atom stereocenters. The standard InChI is InChI=1S/C28H35N3O6/c1-17(15-29-9-10-30-27(34)37-28(2,3)4)25-23(35-5)13-21(14-24(25)36-6)22-12-20-11-18(26(32)33)7-8-19(20)16-31-22/h7-8,11-14,16-17,29H,9-10,15H2,1-6H3,(H,30,34)(H,32,33). The number of benzene rings is 2. The monoisotopic (exact) mass is 509 g/mol. The number of nitrogens with one attached hydrogen (secondary N) is 2. The number of ether oxygens (including phenoxy) is 3. The second-order valence-corrected chi connectivity index (χ2v) is 9.76. The minimum atomic E-state index is -0.976. The number of nitrogens with zero attached hydrogens (tertiary/aromatic N) is 1. The number of methoxy groups -OCH3 is 2. The van der Waals surface area contributed by atoms with Crippen molar-refractivity contribution >= 4 is 22.8 Å². The van der Waals surface area contributed by atoms with Crippen LogP contribution in [0.25, 0.3) is 22.0 Å². The molecule has 0 saturated carbocycles. The van der Waals surface area contributed by atoms with Crippen LogP contribution in [0.15, 0.2) is 42.6 Å². The van der Waals surface area contributed by atoms with Crippen molar-refractivity contribution in [2.75, 3.05) is 33.9 Å². The number of alkyl carbamates (subject to hydrolysis) is 1. The molecule has 0 fully saturated rings. The molecule has 0 aliphatic carbocycles. The number of amides is 1. The number of fused-ring (bicyclic) bond motifs is 1. The number of pyridine rings is 1. The smallest absolute Gasteiger partial charge is 0.407 e. The number of rotatable bonds is 10. The lowest BCUT2D eigenvalue weighted by molar-refractivity contribution is 0.0527. The minimum Gasteiger partial charge on any atom is -0.496 e. The molecule has 37 heavy (non-hydrogen) atoms. The van der Waals surface area contributed by atoms with Gasteiger partial charge < -0.3 is 30.0 Å². The first-order valence-corrected chi connectivity index (χ1v) is 12.1. The third-order valence-electron chi connectivity index (χ3n) is 5.72. The van der Waals surface area contributed by atoms with E-state index in [9.17, 15) is 14.7 Å². The molecule has 3 aromatic rings. The third kappa shape index (κ3) is 7.33. The van der Waals surface area contributed by atoms with Crippen LogP contribution in [0, 0.1) is 0 Å². The topological polar surface area (TPSA) is 119 Å². The van der Waals surface area contributed by atoms with E-state index in [4.69, 9.17) is 14.2 Å². The molecule has 9 nitrogen and oxygen atoms in total. The van der Waals surface area contributed by atoms with Gasteiger partial charge >= 0.3 is 12.1 Å². The van der Waals surface area contributed by atoms with Gasteiger partial charge in [0.15, 0.2) is 0 Å². The van der Waals surface area contributed by atoms with Crippen molar-refractivity contribution in [2.45, 2.75) is 39.2 Å². The zero-order valence-corrected chi connectivity index (χ0v) is 22.2.